The largest absolute Gasteiger partial charge is 0.489 e. The molecule has 4 aromatic rings. The molecule has 0 unspecified atom stereocenters. The van der Waals surface area contributed by atoms with Crippen LogP contribution in [0.1, 0.15) is 49.6 Å². The number of carboxylic acid groups (broad SMARTS) is 1. The number of tetrazole rings is 1. The Bertz CT molecular complexity index is 1310. The molecule has 3 heterocycles. The molecule has 1 aliphatic rings. The van der Waals surface area contributed by atoms with Gasteiger partial charge in [0.2, 0.25) is 0 Å². The monoisotopic (exact) mass is 519 g/mol. The number of anilines is 1. The first-order chi connectivity index (χ1) is 18.4. The molecule has 1 aliphatic carbocycles. The fourth-order valence-corrected chi connectivity index (χ4v) is 4.35. The van der Waals surface area contributed by atoms with Crippen LogP contribution in [0.4, 0.5) is 5.95 Å². The van der Waals surface area contributed by atoms with Crippen LogP contribution in [0.5, 0.6) is 5.75 Å². The van der Waals surface area contributed by atoms with Gasteiger partial charge in [-0.1, -0.05) is 47.6 Å². The molecule has 0 aliphatic heterocycles. The third-order valence-corrected chi connectivity index (χ3v) is 6.50. The maximum Gasteiger partial charge on any atom is 0.306 e. The van der Waals surface area contributed by atoms with Gasteiger partial charge in [-0.05, 0) is 61.9 Å². The first kappa shape index (κ1) is 26.7. The molecule has 1 fully saturated rings. The second-order valence-corrected chi connectivity index (χ2v) is 9.16. The van der Waals surface area contributed by atoms with Crippen molar-refractivity contribution in [3.8, 4) is 17.1 Å². The lowest BCUT2D eigenvalue weighted by atomic mass is 9.87. The van der Waals surface area contributed by atoms with Gasteiger partial charge in [-0.3, -0.25) is 4.79 Å². The summed E-state index contributed by atoms with van der Waals surface area (Å²) in [7, 11) is 1.80. The van der Waals surface area contributed by atoms with E-state index in [2.05, 4.69) is 72.4 Å². The second kappa shape index (κ2) is 12.7. The van der Waals surface area contributed by atoms with E-state index in [-0.39, 0.29) is 12.0 Å². The van der Waals surface area contributed by atoms with Crippen LogP contribution < -0.4 is 10.1 Å². The number of carbonyl (C=O) groups is 1. The van der Waals surface area contributed by atoms with Crippen LogP contribution in [0.2, 0.25) is 0 Å². The standard InChI is InChI=1S/C18H23N9O3.C8H10/c1-10-15(30-12-5-3-4-11(8-12)17(28)29)7-6-13(20-10)16-14(27(2)26-21-16)9-19-18-22-24-25-23-18;1-2-8-6-4-3-5-7-8/h6-7,11-12H,3-5,8-9H2,1-2H3,(H,28,29)(H2,19,22,23,24,25);3-7H,2H2,1H3/t11-,12-;/m0./s1. The molecule has 0 amide bonds. The van der Waals surface area contributed by atoms with Crippen molar-refractivity contribution in [2.24, 2.45) is 13.0 Å². The number of pyridine rings is 1. The lowest BCUT2D eigenvalue weighted by Gasteiger charge is -2.27. The summed E-state index contributed by atoms with van der Waals surface area (Å²) >= 11 is 0. The molecule has 0 saturated heterocycles. The van der Waals surface area contributed by atoms with Gasteiger partial charge in [0, 0.05) is 7.05 Å². The lowest BCUT2D eigenvalue weighted by molar-refractivity contribution is -0.143. The van der Waals surface area contributed by atoms with E-state index in [4.69, 9.17) is 4.74 Å². The van der Waals surface area contributed by atoms with Crippen LogP contribution in [0.15, 0.2) is 42.5 Å². The quantitative estimate of drug-likeness (QED) is 0.314. The fourth-order valence-electron chi connectivity index (χ4n) is 4.35. The highest BCUT2D eigenvalue weighted by molar-refractivity contribution is 5.70. The van der Waals surface area contributed by atoms with Crippen molar-refractivity contribution < 1.29 is 14.6 Å². The lowest BCUT2D eigenvalue weighted by Crippen LogP contribution is -2.29. The molecule has 3 aromatic heterocycles. The minimum Gasteiger partial charge on any atom is -0.489 e. The number of hydrogen-bond acceptors (Lipinski definition) is 9. The topological polar surface area (TPSA) is 157 Å². The van der Waals surface area contributed by atoms with E-state index in [1.54, 1.807) is 11.7 Å². The fraction of sp³-hybridized carbons (Fsp3) is 0.423. The number of nitrogens with zero attached hydrogens (tertiary/aromatic N) is 7. The smallest absolute Gasteiger partial charge is 0.306 e. The van der Waals surface area contributed by atoms with E-state index in [0.29, 0.717) is 48.2 Å². The normalized spacial score (nSPS) is 16.8. The summed E-state index contributed by atoms with van der Waals surface area (Å²) < 4.78 is 7.75. The number of rotatable bonds is 8. The predicted molar refractivity (Wildman–Crippen MR) is 140 cm³/mol. The molecule has 38 heavy (non-hydrogen) atoms. The van der Waals surface area contributed by atoms with Crippen molar-refractivity contribution in [3.05, 3.63) is 59.4 Å². The zero-order valence-corrected chi connectivity index (χ0v) is 21.8. The molecule has 5 rings (SSSR count). The third kappa shape index (κ3) is 6.90. The summed E-state index contributed by atoms with van der Waals surface area (Å²) in [6.07, 6.45) is 3.95. The number of aliphatic carboxylic acids is 1. The van der Waals surface area contributed by atoms with Crippen LogP contribution >= 0.6 is 0 Å². The van der Waals surface area contributed by atoms with E-state index in [0.717, 1.165) is 25.0 Å². The second-order valence-electron chi connectivity index (χ2n) is 9.16. The summed E-state index contributed by atoms with van der Waals surface area (Å²) in [5.74, 6) is -0.0596. The Morgan fingerprint density at radius 1 is 1.18 bits per heavy atom. The summed E-state index contributed by atoms with van der Waals surface area (Å²) in [5.41, 5.74) is 4.26. The van der Waals surface area contributed by atoms with E-state index in [9.17, 15) is 9.90 Å². The number of ether oxygens (including phenoxy) is 1. The zero-order valence-electron chi connectivity index (χ0n) is 21.8. The highest BCUT2D eigenvalue weighted by atomic mass is 16.5. The van der Waals surface area contributed by atoms with Gasteiger partial charge >= 0.3 is 5.97 Å². The van der Waals surface area contributed by atoms with Gasteiger partial charge in [-0.2, -0.15) is 5.21 Å². The number of aromatic nitrogens is 8. The number of carboxylic acids is 1. The zero-order chi connectivity index (χ0) is 26.9. The van der Waals surface area contributed by atoms with E-state index in [1.165, 1.54) is 5.56 Å². The Kier molecular flexibility index (Phi) is 8.96. The number of aryl methyl sites for hydroxylation is 3. The van der Waals surface area contributed by atoms with Crippen LogP contribution in [0, 0.1) is 12.8 Å². The van der Waals surface area contributed by atoms with Crippen LogP contribution in [0.25, 0.3) is 11.4 Å². The molecule has 0 radical (unpaired) electrons. The number of benzene rings is 1. The Labute approximate surface area is 220 Å². The van der Waals surface area contributed by atoms with Gasteiger partial charge in [0.25, 0.3) is 5.95 Å². The average Bonchev–Trinajstić information content (AvgIpc) is 3.59. The molecule has 12 nitrogen and oxygen atoms in total. The number of hydrogen-bond donors (Lipinski definition) is 3. The predicted octanol–water partition coefficient (Wildman–Crippen LogP) is 3.58. The molecule has 1 saturated carbocycles. The van der Waals surface area contributed by atoms with Crippen molar-refractivity contribution in [2.75, 3.05) is 5.32 Å². The average molecular weight is 520 g/mol. The van der Waals surface area contributed by atoms with Crippen LogP contribution in [0.3, 0.4) is 0 Å². The number of aromatic amines is 1. The number of H-pyrrole nitrogens is 1. The molecule has 3 N–H and O–H groups in total. The summed E-state index contributed by atoms with van der Waals surface area (Å²) in [6.45, 7) is 4.43. The summed E-state index contributed by atoms with van der Waals surface area (Å²) in [5, 5.41) is 34.3. The van der Waals surface area contributed by atoms with Crippen molar-refractivity contribution in [2.45, 2.75) is 58.6 Å². The Morgan fingerprint density at radius 3 is 2.66 bits per heavy atom. The third-order valence-electron chi connectivity index (χ3n) is 6.50. The molecule has 200 valence electrons. The minimum atomic E-state index is -0.752. The molecular weight excluding hydrogens is 486 g/mol. The van der Waals surface area contributed by atoms with Crippen molar-refractivity contribution in [3.63, 3.8) is 0 Å². The highest BCUT2D eigenvalue weighted by Gasteiger charge is 2.28. The van der Waals surface area contributed by atoms with Crippen molar-refractivity contribution in [1.29, 1.82) is 0 Å². The van der Waals surface area contributed by atoms with Gasteiger partial charge in [0.15, 0.2) is 0 Å². The maximum atomic E-state index is 11.3. The van der Waals surface area contributed by atoms with E-state index < -0.39 is 5.97 Å². The van der Waals surface area contributed by atoms with Gasteiger partial charge in [0.1, 0.15) is 11.4 Å². The maximum absolute atomic E-state index is 11.3. The molecule has 2 atom stereocenters. The van der Waals surface area contributed by atoms with E-state index >= 15 is 0 Å². The van der Waals surface area contributed by atoms with Gasteiger partial charge < -0.3 is 15.2 Å². The summed E-state index contributed by atoms with van der Waals surface area (Å²) in [4.78, 5) is 15.9. The van der Waals surface area contributed by atoms with Crippen LogP contribution in [-0.4, -0.2) is 57.8 Å². The SMILES string of the molecule is CCc1ccccc1.Cc1nc(-c2nnn(C)c2CNc2nn[nH]n2)ccc1O[C@H]1CCC[C@H](C(=O)O)C1. The van der Waals surface area contributed by atoms with Crippen LogP contribution in [-0.2, 0) is 24.8 Å². The van der Waals surface area contributed by atoms with Gasteiger partial charge in [-0.25, -0.2) is 9.67 Å². The number of nitrogens with one attached hydrogen (secondary N) is 2. The van der Waals surface area contributed by atoms with Gasteiger partial charge in [-0.15, -0.1) is 10.2 Å². The van der Waals surface area contributed by atoms with Crippen molar-refractivity contribution in [1.82, 2.24) is 40.6 Å². The minimum absolute atomic E-state index is 0.113. The first-order valence-corrected chi connectivity index (χ1v) is 12.7. The highest BCUT2D eigenvalue weighted by Crippen LogP contribution is 2.30. The molecule has 0 spiro atoms. The Hall–Kier alpha value is -4.35. The molecule has 12 heteroatoms. The first-order valence-electron chi connectivity index (χ1n) is 12.7. The van der Waals surface area contributed by atoms with Crippen molar-refractivity contribution >= 4 is 11.9 Å². The molecular formula is C26H33N9O3. The molecule has 1 aromatic carbocycles. The summed E-state index contributed by atoms with van der Waals surface area (Å²) in [6, 6.07) is 14.1. The van der Waals surface area contributed by atoms with E-state index in [1.807, 2.05) is 25.1 Å². The van der Waals surface area contributed by atoms with Gasteiger partial charge in [0.05, 0.1) is 35.6 Å². The Balaban J connectivity index is 0.000000360. The Morgan fingerprint density at radius 2 is 2.00 bits per heavy atom. The molecule has 0 bridgehead atoms.